The van der Waals surface area contributed by atoms with Gasteiger partial charge in [-0.3, -0.25) is 0 Å². The van der Waals surface area contributed by atoms with Gasteiger partial charge in [-0.25, -0.2) is 0 Å². The van der Waals surface area contributed by atoms with Crippen LogP contribution in [0, 0.1) is 0 Å². The fourth-order valence-corrected chi connectivity index (χ4v) is 1.84. The normalized spacial score (nSPS) is 11.9. The molecule has 0 aliphatic heterocycles. The zero-order valence-electron chi connectivity index (χ0n) is 13.7. The first kappa shape index (κ1) is 23.1. The molecule has 21 heavy (non-hydrogen) atoms. The van der Waals surface area contributed by atoms with E-state index in [0.29, 0.717) is 13.2 Å². The van der Waals surface area contributed by atoms with Gasteiger partial charge in [0.2, 0.25) is 0 Å². The maximum absolute atomic E-state index is 9.08. The summed E-state index contributed by atoms with van der Waals surface area (Å²) < 4.78 is 4.63. The average Bonchev–Trinajstić information content (AvgIpc) is 2.51. The molecular weight excluding hydrogens is 272 g/mol. The Balaban J connectivity index is 0. The zero-order valence-corrected chi connectivity index (χ0v) is 13.7. The standard InChI is InChI=1S/C12H26O2.C4H10O3/c1-2-3-4-5-6-7-8-9-10-12(14)11-13;5-1-3-7-4-2-6/h12-14H,2-11H2,1H3;5-6H,1-4H2. The average molecular weight is 308 g/mol. The predicted octanol–water partition coefficient (Wildman–Crippen LogP) is 1.86. The molecule has 0 heterocycles. The maximum atomic E-state index is 9.08. The monoisotopic (exact) mass is 308 g/mol. The lowest BCUT2D eigenvalue weighted by molar-refractivity contribution is 0.0650. The molecule has 130 valence electrons. The van der Waals surface area contributed by atoms with E-state index in [1.54, 1.807) is 0 Å². The van der Waals surface area contributed by atoms with Crippen molar-refractivity contribution in [3.63, 3.8) is 0 Å². The SMILES string of the molecule is CCCCCCCCCCC(O)CO.OCCOCCO. The minimum atomic E-state index is -0.491. The minimum absolute atomic E-state index is 0.0278. The van der Waals surface area contributed by atoms with Gasteiger partial charge in [-0.2, -0.15) is 0 Å². The van der Waals surface area contributed by atoms with Crippen LogP contribution < -0.4 is 0 Å². The fraction of sp³-hybridized carbons (Fsp3) is 1.00. The quantitative estimate of drug-likeness (QED) is 0.368. The highest BCUT2D eigenvalue weighted by atomic mass is 16.5. The molecule has 0 amide bonds. The number of aliphatic hydroxyl groups is 4. The number of hydrogen-bond donors (Lipinski definition) is 4. The molecule has 1 unspecified atom stereocenters. The van der Waals surface area contributed by atoms with Crippen molar-refractivity contribution in [2.75, 3.05) is 33.0 Å². The van der Waals surface area contributed by atoms with Gasteiger partial charge in [0.15, 0.2) is 0 Å². The van der Waals surface area contributed by atoms with E-state index in [0.717, 1.165) is 12.8 Å². The van der Waals surface area contributed by atoms with Crippen molar-refractivity contribution in [1.82, 2.24) is 0 Å². The Labute approximate surface area is 130 Å². The van der Waals surface area contributed by atoms with Crippen LogP contribution in [0.1, 0.15) is 64.7 Å². The van der Waals surface area contributed by atoms with Gasteiger partial charge in [-0.15, -0.1) is 0 Å². The molecule has 0 saturated carbocycles. The molecule has 0 radical (unpaired) electrons. The Morgan fingerprint density at radius 3 is 1.67 bits per heavy atom. The molecule has 4 N–H and O–H groups in total. The lowest BCUT2D eigenvalue weighted by Gasteiger charge is -2.06. The summed E-state index contributed by atoms with van der Waals surface area (Å²) >= 11 is 0. The van der Waals surface area contributed by atoms with Gasteiger partial charge >= 0.3 is 0 Å². The summed E-state index contributed by atoms with van der Waals surface area (Å²) in [5.74, 6) is 0. The molecule has 5 nitrogen and oxygen atoms in total. The Morgan fingerprint density at radius 1 is 0.762 bits per heavy atom. The second-order valence-electron chi connectivity index (χ2n) is 5.16. The number of aliphatic hydroxyl groups excluding tert-OH is 4. The summed E-state index contributed by atoms with van der Waals surface area (Å²) in [4.78, 5) is 0. The van der Waals surface area contributed by atoms with Crippen molar-refractivity contribution >= 4 is 0 Å². The third-order valence-corrected chi connectivity index (χ3v) is 3.07. The van der Waals surface area contributed by atoms with Crippen LogP contribution in [-0.2, 0) is 4.74 Å². The van der Waals surface area contributed by atoms with E-state index in [1.807, 2.05) is 0 Å². The van der Waals surface area contributed by atoms with E-state index in [4.69, 9.17) is 20.4 Å². The third-order valence-electron chi connectivity index (χ3n) is 3.07. The van der Waals surface area contributed by atoms with Crippen LogP contribution in [0.25, 0.3) is 0 Å². The van der Waals surface area contributed by atoms with Crippen molar-refractivity contribution in [1.29, 1.82) is 0 Å². The Bertz CT molecular complexity index is 163. The van der Waals surface area contributed by atoms with Crippen LogP contribution in [0.2, 0.25) is 0 Å². The zero-order chi connectivity index (χ0) is 16.2. The molecule has 0 aliphatic rings. The lowest BCUT2D eigenvalue weighted by Crippen LogP contribution is -2.10. The van der Waals surface area contributed by atoms with Gasteiger partial charge in [0, 0.05) is 0 Å². The summed E-state index contributed by atoms with van der Waals surface area (Å²) in [6.07, 6.45) is 10.5. The van der Waals surface area contributed by atoms with Gasteiger partial charge in [0.25, 0.3) is 0 Å². The summed E-state index contributed by atoms with van der Waals surface area (Å²) in [6, 6.07) is 0. The maximum Gasteiger partial charge on any atom is 0.0770 e. The molecule has 0 rings (SSSR count). The lowest BCUT2D eigenvalue weighted by atomic mass is 10.1. The Morgan fingerprint density at radius 2 is 1.24 bits per heavy atom. The third kappa shape index (κ3) is 25.1. The molecule has 0 aliphatic carbocycles. The van der Waals surface area contributed by atoms with Crippen LogP contribution in [0.4, 0.5) is 0 Å². The van der Waals surface area contributed by atoms with Gasteiger partial charge < -0.3 is 25.2 Å². The van der Waals surface area contributed by atoms with Crippen molar-refractivity contribution in [3.8, 4) is 0 Å². The van der Waals surface area contributed by atoms with Crippen LogP contribution in [0.15, 0.2) is 0 Å². The van der Waals surface area contributed by atoms with Gasteiger partial charge in [0.1, 0.15) is 0 Å². The molecule has 0 aromatic heterocycles. The molecule has 5 heteroatoms. The van der Waals surface area contributed by atoms with Gasteiger partial charge in [-0.1, -0.05) is 58.3 Å². The molecular formula is C16H36O5. The molecule has 1 atom stereocenters. The predicted molar refractivity (Wildman–Crippen MR) is 85.3 cm³/mol. The second kappa shape index (κ2) is 22.1. The van der Waals surface area contributed by atoms with E-state index in [1.165, 1.54) is 44.9 Å². The van der Waals surface area contributed by atoms with E-state index >= 15 is 0 Å². The van der Waals surface area contributed by atoms with E-state index in [2.05, 4.69) is 11.7 Å². The summed E-state index contributed by atoms with van der Waals surface area (Å²) in [7, 11) is 0. The summed E-state index contributed by atoms with van der Waals surface area (Å²) in [6.45, 7) is 2.84. The van der Waals surface area contributed by atoms with E-state index in [-0.39, 0.29) is 19.8 Å². The van der Waals surface area contributed by atoms with Crippen LogP contribution in [0.3, 0.4) is 0 Å². The Hall–Kier alpha value is -0.200. The molecule has 0 fully saturated rings. The fourth-order valence-electron chi connectivity index (χ4n) is 1.84. The first-order valence-electron chi connectivity index (χ1n) is 8.31. The van der Waals surface area contributed by atoms with Crippen molar-refractivity contribution in [2.24, 2.45) is 0 Å². The topological polar surface area (TPSA) is 90.2 Å². The molecule has 0 spiro atoms. The van der Waals surface area contributed by atoms with Gasteiger partial charge in [0.05, 0.1) is 39.1 Å². The smallest absolute Gasteiger partial charge is 0.0770 e. The number of rotatable bonds is 14. The first-order valence-corrected chi connectivity index (χ1v) is 8.31. The Kier molecular flexibility index (Phi) is 24.3. The molecule has 0 aromatic carbocycles. The summed E-state index contributed by atoms with van der Waals surface area (Å²) in [5.41, 5.74) is 0. The highest BCUT2D eigenvalue weighted by Crippen LogP contribution is 2.10. The number of unbranched alkanes of at least 4 members (excludes halogenated alkanes) is 7. The van der Waals surface area contributed by atoms with Crippen LogP contribution >= 0.6 is 0 Å². The van der Waals surface area contributed by atoms with Crippen LogP contribution in [-0.4, -0.2) is 59.6 Å². The van der Waals surface area contributed by atoms with Crippen molar-refractivity contribution in [3.05, 3.63) is 0 Å². The highest BCUT2D eigenvalue weighted by molar-refractivity contribution is 4.53. The summed E-state index contributed by atoms with van der Waals surface area (Å²) in [5, 5.41) is 33.8. The van der Waals surface area contributed by atoms with E-state index in [9.17, 15) is 0 Å². The van der Waals surface area contributed by atoms with Crippen molar-refractivity contribution in [2.45, 2.75) is 70.8 Å². The minimum Gasteiger partial charge on any atom is -0.394 e. The molecule has 0 saturated heterocycles. The highest BCUT2D eigenvalue weighted by Gasteiger charge is 2.00. The van der Waals surface area contributed by atoms with E-state index < -0.39 is 6.10 Å². The second-order valence-corrected chi connectivity index (χ2v) is 5.16. The first-order chi connectivity index (χ1) is 10.2. The van der Waals surface area contributed by atoms with Crippen molar-refractivity contribution < 1.29 is 25.2 Å². The number of ether oxygens (including phenoxy) is 1. The van der Waals surface area contributed by atoms with Crippen LogP contribution in [0.5, 0.6) is 0 Å². The molecule has 0 aromatic rings. The largest absolute Gasteiger partial charge is 0.394 e. The van der Waals surface area contributed by atoms with Gasteiger partial charge in [-0.05, 0) is 6.42 Å². The number of hydrogen-bond acceptors (Lipinski definition) is 5. The molecule has 0 bridgehead atoms.